The van der Waals surface area contributed by atoms with Gasteiger partial charge in [-0.15, -0.1) is 0 Å². The normalized spacial score (nSPS) is 10.0. The van der Waals surface area contributed by atoms with Gasteiger partial charge in [0.15, 0.2) is 17.4 Å². The zero-order chi connectivity index (χ0) is 15.2. The van der Waals surface area contributed by atoms with Crippen molar-refractivity contribution in [1.82, 2.24) is 4.98 Å². The Morgan fingerprint density at radius 2 is 2.05 bits per heavy atom. The van der Waals surface area contributed by atoms with Crippen LogP contribution in [0.2, 0.25) is 0 Å². The SMILES string of the molecule is COc1ccc(CCNc2oc(C)nc2C#N)cc1OC. The number of aromatic nitrogens is 1. The summed E-state index contributed by atoms with van der Waals surface area (Å²) in [5.74, 6) is 2.28. The number of benzene rings is 1. The van der Waals surface area contributed by atoms with Gasteiger partial charge in [0.25, 0.3) is 0 Å². The molecule has 0 radical (unpaired) electrons. The third-order valence-electron chi connectivity index (χ3n) is 2.99. The smallest absolute Gasteiger partial charge is 0.232 e. The van der Waals surface area contributed by atoms with Gasteiger partial charge in [-0.3, -0.25) is 0 Å². The van der Waals surface area contributed by atoms with Crippen molar-refractivity contribution < 1.29 is 13.9 Å². The summed E-state index contributed by atoms with van der Waals surface area (Å²) in [6.07, 6.45) is 0.755. The lowest BCUT2D eigenvalue weighted by molar-refractivity contribution is 0.354. The first-order valence-electron chi connectivity index (χ1n) is 6.50. The molecule has 21 heavy (non-hydrogen) atoms. The number of nitrogens with one attached hydrogen (secondary N) is 1. The average Bonchev–Trinajstić information content (AvgIpc) is 2.87. The second-order valence-corrected chi connectivity index (χ2v) is 4.39. The Morgan fingerprint density at radius 1 is 1.29 bits per heavy atom. The van der Waals surface area contributed by atoms with Crippen LogP contribution in [0.1, 0.15) is 17.1 Å². The third kappa shape index (κ3) is 3.45. The highest BCUT2D eigenvalue weighted by molar-refractivity contribution is 5.46. The number of aryl methyl sites for hydroxylation is 1. The number of hydrogen-bond acceptors (Lipinski definition) is 6. The first kappa shape index (κ1) is 14.7. The Labute approximate surface area is 123 Å². The molecule has 1 aromatic carbocycles. The zero-order valence-corrected chi connectivity index (χ0v) is 12.3. The number of nitrogens with zero attached hydrogens (tertiary/aromatic N) is 2. The van der Waals surface area contributed by atoms with Crippen LogP contribution in [0.5, 0.6) is 11.5 Å². The van der Waals surface area contributed by atoms with E-state index in [4.69, 9.17) is 19.2 Å². The number of nitriles is 1. The van der Waals surface area contributed by atoms with E-state index in [2.05, 4.69) is 10.3 Å². The van der Waals surface area contributed by atoms with Gasteiger partial charge in [-0.2, -0.15) is 5.26 Å². The van der Waals surface area contributed by atoms with Gasteiger partial charge in [0.1, 0.15) is 6.07 Å². The number of oxazole rings is 1. The molecule has 1 N–H and O–H groups in total. The van der Waals surface area contributed by atoms with Crippen molar-refractivity contribution in [2.75, 3.05) is 26.1 Å². The number of hydrogen-bond donors (Lipinski definition) is 1. The Bertz CT molecular complexity index is 659. The van der Waals surface area contributed by atoms with Gasteiger partial charge in [-0.25, -0.2) is 4.98 Å². The van der Waals surface area contributed by atoms with E-state index in [1.165, 1.54) is 0 Å². The summed E-state index contributed by atoms with van der Waals surface area (Å²) in [5.41, 5.74) is 1.37. The molecule has 6 nitrogen and oxygen atoms in total. The topological polar surface area (TPSA) is 80.3 Å². The largest absolute Gasteiger partial charge is 0.493 e. The van der Waals surface area contributed by atoms with E-state index in [0.29, 0.717) is 29.8 Å². The molecule has 2 rings (SSSR count). The fourth-order valence-corrected chi connectivity index (χ4v) is 1.98. The molecule has 0 unspecified atom stereocenters. The van der Waals surface area contributed by atoms with Gasteiger partial charge in [-0.05, 0) is 24.1 Å². The quantitative estimate of drug-likeness (QED) is 0.879. The zero-order valence-electron chi connectivity index (χ0n) is 12.3. The van der Waals surface area contributed by atoms with Crippen LogP contribution in [0.25, 0.3) is 0 Å². The highest BCUT2D eigenvalue weighted by atomic mass is 16.5. The van der Waals surface area contributed by atoms with Crippen LogP contribution < -0.4 is 14.8 Å². The Hall–Kier alpha value is -2.68. The van der Waals surface area contributed by atoms with Crippen LogP contribution >= 0.6 is 0 Å². The van der Waals surface area contributed by atoms with Crippen LogP contribution in [0, 0.1) is 18.3 Å². The monoisotopic (exact) mass is 287 g/mol. The van der Waals surface area contributed by atoms with Crippen molar-refractivity contribution in [3.63, 3.8) is 0 Å². The fourth-order valence-electron chi connectivity index (χ4n) is 1.98. The van der Waals surface area contributed by atoms with E-state index in [1.54, 1.807) is 21.1 Å². The van der Waals surface area contributed by atoms with Crippen LogP contribution in [0.4, 0.5) is 5.88 Å². The first-order chi connectivity index (χ1) is 10.2. The summed E-state index contributed by atoms with van der Waals surface area (Å²) < 4.78 is 15.8. The summed E-state index contributed by atoms with van der Waals surface area (Å²) in [7, 11) is 3.21. The van der Waals surface area contributed by atoms with E-state index in [-0.39, 0.29) is 5.69 Å². The Balaban J connectivity index is 1.99. The second-order valence-electron chi connectivity index (χ2n) is 4.39. The molecule has 0 atom stereocenters. The lowest BCUT2D eigenvalue weighted by Gasteiger charge is -2.09. The molecule has 0 saturated carbocycles. The summed E-state index contributed by atoms with van der Waals surface area (Å²) in [6, 6.07) is 7.76. The van der Waals surface area contributed by atoms with Crippen molar-refractivity contribution >= 4 is 5.88 Å². The predicted octanol–water partition coefficient (Wildman–Crippen LogP) is 2.53. The summed E-state index contributed by atoms with van der Waals surface area (Å²) >= 11 is 0. The predicted molar refractivity (Wildman–Crippen MR) is 77.7 cm³/mol. The van der Waals surface area contributed by atoms with Gasteiger partial charge in [0.2, 0.25) is 11.6 Å². The highest BCUT2D eigenvalue weighted by Crippen LogP contribution is 2.27. The molecular formula is C15H17N3O3. The van der Waals surface area contributed by atoms with Gasteiger partial charge in [0, 0.05) is 13.5 Å². The molecule has 2 aromatic rings. The summed E-state index contributed by atoms with van der Waals surface area (Å²) in [5, 5.41) is 12.0. The number of ether oxygens (including phenoxy) is 2. The molecule has 6 heteroatoms. The molecule has 0 saturated heterocycles. The highest BCUT2D eigenvalue weighted by Gasteiger charge is 2.10. The van der Waals surface area contributed by atoms with Crippen molar-refractivity contribution in [3.8, 4) is 17.6 Å². The number of rotatable bonds is 6. The maximum Gasteiger partial charge on any atom is 0.232 e. The number of anilines is 1. The van der Waals surface area contributed by atoms with Crippen molar-refractivity contribution in [2.24, 2.45) is 0 Å². The molecule has 0 spiro atoms. The van der Waals surface area contributed by atoms with Crippen LogP contribution in [0.3, 0.4) is 0 Å². The molecule has 1 aromatic heterocycles. The lowest BCUT2D eigenvalue weighted by Crippen LogP contribution is -2.05. The van der Waals surface area contributed by atoms with Crippen molar-refractivity contribution in [1.29, 1.82) is 5.26 Å². The minimum Gasteiger partial charge on any atom is -0.493 e. The maximum atomic E-state index is 8.93. The molecule has 0 fully saturated rings. The first-order valence-corrected chi connectivity index (χ1v) is 6.50. The van der Waals surface area contributed by atoms with Gasteiger partial charge in [-0.1, -0.05) is 6.07 Å². The van der Waals surface area contributed by atoms with E-state index in [9.17, 15) is 0 Å². The second kappa shape index (κ2) is 6.66. The van der Waals surface area contributed by atoms with E-state index < -0.39 is 0 Å². The molecule has 110 valence electrons. The Kier molecular flexibility index (Phi) is 4.67. The Morgan fingerprint density at radius 3 is 2.71 bits per heavy atom. The minimum absolute atomic E-state index is 0.278. The molecule has 1 heterocycles. The molecule has 0 amide bonds. The molecule has 0 aliphatic heterocycles. The average molecular weight is 287 g/mol. The summed E-state index contributed by atoms with van der Waals surface area (Å²) in [4.78, 5) is 3.98. The van der Waals surface area contributed by atoms with Crippen LogP contribution in [-0.4, -0.2) is 25.7 Å². The minimum atomic E-state index is 0.278. The van der Waals surface area contributed by atoms with Gasteiger partial charge < -0.3 is 19.2 Å². The van der Waals surface area contributed by atoms with Crippen LogP contribution in [-0.2, 0) is 6.42 Å². The summed E-state index contributed by atoms with van der Waals surface area (Å²) in [6.45, 7) is 2.33. The van der Waals surface area contributed by atoms with Gasteiger partial charge >= 0.3 is 0 Å². The van der Waals surface area contributed by atoms with E-state index in [0.717, 1.165) is 12.0 Å². The van der Waals surface area contributed by atoms with Crippen molar-refractivity contribution in [2.45, 2.75) is 13.3 Å². The molecule has 0 bridgehead atoms. The standard InChI is InChI=1S/C15H17N3O3/c1-10-18-12(9-16)15(21-10)17-7-6-11-4-5-13(19-2)14(8-11)20-3/h4-5,8,17H,6-7H2,1-3H3. The maximum absolute atomic E-state index is 8.93. The molecule has 0 aliphatic rings. The fraction of sp³-hybridized carbons (Fsp3) is 0.333. The van der Waals surface area contributed by atoms with E-state index in [1.807, 2.05) is 24.3 Å². The van der Waals surface area contributed by atoms with Crippen molar-refractivity contribution in [3.05, 3.63) is 35.3 Å². The third-order valence-corrected chi connectivity index (χ3v) is 2.99. The molecule has 0 aliphatic carbocycles. The lowest BCUT2D eigenvalue weighted by atomic mass is 10.1. The number of methoxy groups -OCH3 is 2. The molecular weight excluding hydrogens is 270 g/mol. The van der Waals surface area contributed by atoms with E-state index >= 15 is 0 Å². The van der Waals surface area contributed by atoms with Crippen LogP contribution in [0.15, 0.2) is 22.6 Å². The van der Waals surface area contributed by atoms with Gasteiger partial charge in [0.05, 0.1) is 14.2 Å².